The van der Waals surface area contributed by atoms with Gasteiger partial charge in [-0.25, -0.2) is 8.78 Å². The second-order valence-corrected chi connectivity index (χ2v) is 6.80. The Morgan fingerprint density at radius 2 is 2.00 bits per heavy atom. The summed E-state index contributed by atoms with van der Waals surface area (Å²) < 4.78 is 28.0. The van der Waals surface area contributed by atoms with Crippen LogP contribution in [0, 0.1) is 18.6 Å². The molecule has 0 amide bonds. The Kier molecular flexibility index (Phi) is 5.29. The van der Waals surface area contributed by atoms with Crippen molar-refractivity contribution in [3.05, 3.63) is 55.7 Å². The van der Waals surface area contributed by atoms with Gasteiger partial charge in [-0.05, 0) is 60.1 Å². The zero-order valence-corrected chi connectivity index (χ0v) is 13.7. The predicted octanol–water partition coefficient (Wildman–Crippen LogP) is 5.19. The van der Waals surface area contributed by atoms with Gasteiger partial charge in [-0.2, -0.15) is 0 Å². The first-order valence-corrected chi connectivity index (χ1v) is 8.08. The van der Waals surface area contributed by atoms with E-state index in [1.165, 1.54) is 12.1 Å². The van der Waals surface area contributed by atoms with E-state index in [0.29, 0.717) is 5.56 Å². The first kappa shape index (κ1) is 15.6. The molecule has 20 heavy (non-hydrogen) atoms. The van der Waals surface area contributed by atoms with E-state index in [-0.39, 0.29) is 10.5 Å². The predicted molar refractivity (Wildman–Crippen MR) is 83.3 cm³/mol. The molecule has 1 N–H and O–H groups in total. The van der Waals surface area contributed by atoms with E-state index in [1.54, 1.807) is 11.3 Å². The highest BCUT2D eigenvalue weighted by molar-refractivity contribution is 9.10. The Balaban J connectivity index is 2.43. The van der Waals surface area contributed by atoms with Gasteiger partial charge in [0, 0.05) is 15.3 Å². The molecule has 0 aliphatic heterocycles. The molecule has 1 nitrogen and oxygen atoms in total. The van der Waals surface area contributed by atoms with Crippen molar-refractivity contribution >= 4 is 27.3 Å². The quantitative estimate of drug-likeness (QED) is 0.724. The molecule has 0 aliphatic carbocycles. The molecule has 0 radical (unpaired) electrons. The van der Waals surface area contributed by atoms with Gasteiger partial charge in [0.05, 0.1) is 10.5 Å². The SMILES string of the molecule is CCCNC(c1ccc(C)s1)c1cc(F)c(Br)cc1F. The standard InChI is InChI=1S/C15H16BrF2NS/c1-3-6-19-15(14-5-4-9(2)20-14)10-7-13(18)11(16)8-12(10)17/h4-5,7-8,15,19H,3,6H2,1-2H3. The highest BCUT2D eigenvalue weighted by Gasteiger charge is 2.20. The second-order valence-electron chi connectivity index (χ2n) is 4.62. The largest absolute Gasteiger partial charge is 0.306 e. The van der Waals surface area contributed by atoms with Gasteiger partial charge in [-0.1, -0.05) is 6.92 Å². The third-order valence-electron chi connectivity index (χ3n) is 2.99. The van der Waals surface area contributed by atoms with Crippen LogP contribution in [0.25, 0.3) is 0 Å². The summed E-state index contributed by atoms with van der Waals surface area (Å²) in [7, 11) is 0. The van der Waals surface area contributed by atoms with Gasteiger partial charge in [-0.3, -0.25) is 0 Å². The zero-order valence-electron chi connectivity index (χ0n) is 11.3. The fraction of sp³-hybridized carbons (Fsp3) is 0.333. The first-order valence-electron chi connectivity index (χ1n) is 6.47. The molecule has 1 atom stereocenters. The van der Waals surface area contributed by atoms with Crippen molar-refractivity contribution in [1.82, 2.24) is 5.32 Å². The number of rotatable bonds is 5. The summed E-state index contributed by atoms with van der Waals surface area (Å²) in [6.45, 7) is 4.80. The smallest absolute Gasteiger partial charge is 0.137 e. The lowest BCUT2D eigenvalue weighted by atomic mass is 10.0. The number of thiophene rings is 1. The number of nitrogens with one attached hydrogen (secondary N) is 1. The molecule has 0 saturated heterocycles. The Morgan fingerprint density at radius 1 is 1.25 bits per heavy atom. The maximum atomic E-state index is 14.2. The van der Waals surface area contributed by atoms with Gasteiger partial charge in [0.15, 0.2) is 0 Å². The van der Waals surface area contributed by atoms with E-state index in [1.807, 2.05) is 26.0 Å². The topological polar surface area (TPSA) is 12.0 Å². The Morgan fingerprint density at radius 3 is 2.60 bits per heavy atom. The van der Waals surface area contributed by atoms with Crippen LogP contribution in [-0.2, 0) is 0 Å². The highest BCUT2D eigenvalue weighted by atomic mass is 79.9. The number of aryl methyl sites for hydroxylation is 1. The molecule has 2 aromatic rings. The molecule has 0 saturated carbocycles. The van der Waals surface area contributed by atoms with Crippen molar-refractivity contribution in [2.75, 3.05) is 6.54 Å². The van der Waals surface area contributed by atoms with Crippen molar-refractivity contribution in [3.8, 4) is 0 Å². The third kappa shape index (κ3) is 3.45. The fourth-order valence-electron chi connectivity index (χ4n) is 2.02. The van der Waals surface area contributed by atoms with Gasteiger partial charge in [0.25, 0.3) is 0 Å². The molecule has 1 unspecified atom stereocenters. The summed E-state index contributed by atoms with van der Waals surface area (Å²) in [6, 6.07) is 6.10. The molecule has 0 fully saturated rings. The van der Waals surface area contributed by atoms with E-state index in [2.05, 4.69) is 21.2 Å². The van der Waals surface area contributed by atoms with E-state index in [0.717, 1.165) is 22.7 Å². The normalized spacial score (nSPS) is 12.7. The second kappa shape index (κ2) is 6.78. The van der Waals surface area contributed by atoms with Crippen LogP contribution < -0.4 is 5.32 Å². The molecule has 2 rings (SSSR count). The molecule has 1 heterocycles. The van der Waals surface area contributed by atoms with Crippen molar-refractivity contribution in [2.24, 2.45) is 0 Å². The average molecular weight is 360 g/mol. The Bertz CT molecular complexity index is 598. The van der Waals surface area contributed by atoms with Gasteiger partial charge >= 0.3 is 0 Å². The summed E-state index contributed by atoms with van der Waals surface area (Å²) in [5, 5.41) is 3.29. The van der Waals surface area contributed by atoms with Crippen molar-refractivity contribution in [2.45, 2.75) is 26.3 Å². The molecular weight excluding hydrogens is 344 g/mol. The summed E-state index contributed by atoms with van der Waals surface area (Å²) in [6.07, 6.45) is 0.932. The minimum Gasteiger partial charge on any atom is -0.306 e. The van der Waals surface area contributed by atoms with Crippen LogP contribution in [0.15, 0.2) is 28.7 Å². The minimum atomic E-state index is -0.446. The summed E-state index contributed by atoms with van der Waals surface area (Å²) >= 11 is 4.61. The van der Waals surface area contributed by atoms with Gasteiger partial charge in [0.2, 0.25) is 0 Å². The van der Waals surface area contributed by atoms with Crippen LogP contribution in [0.3, 0.4) is 0 Å². The molecule has 5 heteroatoms. The van der Waals surface area contributed by atoms with Crippen LogP contribution in [0.2, 0.25) is 0 Å². The van der Waals surface area contributed by atoms with E-state index < -0.39 is 11.6 Å². The lowest BCUT2D eigenvalue weighted by Crippen LogP contribution is -2.23. The molecule has 0 spiro atoms. The van der Waals surface area contributed by atoms with Crippen LogP contribution in [0.1, 0.15) is 34.7 Å². The summed E-state index contributed by atoms with van der Waals surface area (Å²) in [5.74, 6) is -0.851. The lowest BCUT2D eigenvalue weighted by Gasteiger charge is -2.19. The van der Waals surface area contributed by atoms with Crippen LogP contribution in [0.4, 0.5) is 8.78 Å². The monoisotopic (exact) mass is 359 g/mol. The van der Waals surface area contributed by atoms with E-state index in [4.69, 9.17) is 0 Å². The maximum absolute atomic E-state index is 14.2. The van der Waals surface area contributed by atoms with Crippen LogP contribution in [0.5, 0.6) is 0 Å². The van der Waals surface area contributed by atoms with Gasteiger partial charge < -0.3 is 5.32 Å². The molecule has 0 aliphatic rings. The molecule has 1 aromatic carbocycles. The number of hydrogen-bond donors (Lipinski definition) is 1. The summed E-state index contributed by atoms with van der Waals surface area (Å²) in [5.41, 5.74) is 0.348. The minimum absolute atomic E-state index is 0.148. The van der Waals surface area contributed by atoms with E-state index in [9.17, 15) is 8.78 Å². The first-order chi connectivity index (χ1) is 9.52. The van der Waals surface area contributed by atoms with Crippen molar-refractivity contribution in [3.63, 3.8) is 0 Å². The maximum Gasteiger partial charge on any atom is 0.137 e. The Hall–Kier alpha value is -0.780. The Labute approximate surface area is 130 Å². The lowest BCUT2D eigenvalue weighted by molar-refractivity contribution is 0.536. The molecule has 108 valence electrons. The van der Waals surface area contributed by atoms with Crippen LogP contribution >= 0.6 is 27.3 Å². The number of hydrogen-bond acceptors (Lipinski definition) is 2. The molecule has 0 bridgehead atoms. The highest BCUT2D eigenvalue weighted by Crippen LogP contribution is 2.32. The zero-order chi connectivity index (χ0) is 14.7. The van der Waals surface area contributed by atoms with Crippen molar-refractivity contribution < 1.29 is 8.78 Å². The average Bonchev–Trinajstić information content (AvgIpc) is 2.82. The van der Waals surface area contributed by atoms with Gasteiger partial charge in [-0.15, -0.1) is 11.3 Å². The van der Waals surface area contributed by atoms with Crippen molar-refractivity contribution in [1.29, 1.82) is 0 Å². The third-order valence-corrected chi connectivity index (χ3v) is 4.67. The van der Waals surface area contributed by atoms with Gasteiger partial charge in [0.1, 0.15) is 11.6 Å². The number of halogens is 3. The number of benzene rings is 1. The molecular formula is C15H16BrF2NS. The summed E-state index contributed by atoms with van der Waals surface area (Å²) in [4.78, 5) is 2.15. The van der Waals surface area contributed by atoms with Crippen LogP contribution in [-0.4, -0.2) is 6.54 Å². The van der Waals surface area contributed by atoms with E-state index >= 15 is 0 Å². The molecule has 1 aromatic heterocycles. The fourth-order valence-corrected chi connectivity index (χ4v) is 3.31.